The van der Waals surface area contributed by atoms with Crippen LogP contribution in [0.5, 0.6) is 0 Å². The molecule has 2 aromatic carbocycles. The van der Waals surface area contributed by atoms with Gasteiger partial charge >= 0.3 is 0 Å². The molecule has 36 heavy (non-hydrogen) atoms. The second-order valence-corrected chi connectivity index (χ2v) is 9.78. The van der Waals surface area contributed by atoms with Crippen LogP contribution in [0.2, 0.25) is 10.0 Å². The fourth-order valence-electron chi connectivity index (χ4n) is 4.46. The number of carbonyl (C=O) groups excluding carboxylic acids is 1. The Balaban J connectivity index is 1.14. The molecule has 1 fully saturated rings. The third kappa shape index (κ3) is 5.61. The van der Waals surface area contributed by atoms with Gasteiger partial charge in [0.25, 0.3) is 0 Å². The summed E-state index contributed by atoms with van der Waals surface area (Å²) in [6, 6.07) is 13.3. The van der Waals surface area contributed by atoms with E-state index in [4.69, 9.17) is 27.7 Å². The molecule has 3 heterocycles. The number of imidazole rings is 1. The van der Waals surface area contributed by atoms with Crippen molar-refractivity contribution in [2.75, 3.05) is 13.1 Å². The zero-order valence-corrected chi connectivity index (χ0v) is 21.3. The van der Waals surface area contributed by atoms with Crippen molar-refractivity contribution in [1.29, 1.82) is 0 Å². The molecular formula is C26H26Cl2N6O2. The molecule has 1 N–H and O–H groups in total. The predicted octanol–water partition coefficient (Wildman–Crippen LogP) is 5.07. The van der Waals surface area contributed by atoms with E-state index in [0.717, 1.165) is 36.5 Å². The Hall–Kier alpha value is -3.20. The van der Waals surface area contributed by atoms with E-state index < -0.39 is 0 Å². The Morgan fingerprint density at radius 2 is 2.03 bits per heavy atom. The third-order valence-electron chi connectivity index (χ3n) is 6.38. The van der Waals surface area contributed by atoms with Gasteiger partial charge in [-0.05, 0) is 62.2 Å². The largest absolute Gasteiger partial charge is 0.352 e. The Kier molecular flexibility index (Phi) is 7.36. The smallest absolute Gasteiger partial charge is 0.241 e. The summed E-state index contributed by atoms with van der Waals surface area (Å²) in [5.41, 5.74) is 2.77. The zero-order valence-electron chi connectivity index (χ0n) is 19.8. The first-order chi connectivity index (χ1) is 17.5. The number of nitrogens with one attached hydrogen (secondary N) is 1. The highest BCUT2D eigenvalue weighted by Gasteiger charge is 2.27. The predicted molar refractivity (Wildman–Crippen MR) is 138 cm³/mol. The molecule has 8 nitrogen and oxygen atoms in total. The van der Waals surface area contributed by atoms with E-state index in [2.05, 4.69) is 25.3 Å². The minimum Gasteiger partial charge on any atom is -0.352 e. The van der Waals surface area contributed by atoms with Crippen LogP contribution in [-0.2, 0) is 17.9 Å². The van der Waals surface area contributed by atoms with Crippen molar-refractivity contribution in [3.63, 3.8) is 0 Å². The Bertz CT molecular complexity index is 1350. The lowest BCUT2D eigenvalue weighted by Crippen LogP contribution is -2.42. The van der Waals surface area contributed by atoms with Gasteiger partial charge in [0, 0.05) is 41.8 Å². The molecule has 0 bridgehead atoms. The minimum absolute atomic E-state index is 0.0633. The van der Waals surface area contributed by atoms with Gasteiger partial charge in [-0.2, -0.15) is 4.98 Å². The van der Waals surface area contributed by atoms with Crippen LogP contribution in [0.1, 0.15) is 30.1 Å². The van der Waals surface area contributed by atoms with E-state index in [9.17, 15) is 4.79 Å². The van der Waals surface area contributed by atoms with Gasteiger partial charge in [-0.3, -0.25) is 9.69 Å². The van der Waals surface area contributed by atoms with Crippen molar-refractivity contribution in [3.8, 4) is 17.1 Å². The van der Waals surface area contributed by atoms with Gasteiger partial charge in [0.15, 0.2) is 0 Å². The van der Waals surface area contributed by atoms with Crippen molar-refractivity contribution in [2.45, 2.75) is 32.9 Å². The van der Waals surface area contributed by atoms with Gasteiger partial charge < -0.3 is 14.4 Å². The number of halogens is 2. The number of piperidine rings is 1. The Labute approximate surface area is 219 Å². The van der Waals surface area contributed by atoms with E-state index in [0.29, 0.717) is 47.0 Å². The molecule has 1 atom stereocenters. The van der Waals surface area contributed by atoms with E-state index >= 15 is 0 Å². The fraction of sp³-hybridized carbons (Fsp3) is 0.308. The first kappa shape index (κ1) is 24.5. The summed E-state index contributed by atoms with van der Waals surface area (Å²) in [5, 5.41) is 8.17. The summed E-state index contributed by atoms with van der Waals surface area (Å²) in [5.74, 6) is 1.83. The Morgan fingerprint density at radius 1 is 1.19 bits per heavy atom. The molecule has 1 aliphatic heterocycles. The van der Waals surface area contributed by atoms with Crippen LogP contribution in [0.4, 0.5) is 0 Å². The number of aryl methyl sites for hydroxylation is 1. The van der Waals surface area contributed by atoms with Crippen molar-refractivity contribution < 1.29 is 9.32 Å². The highest BCUT2D eigenvalue weighted by molar-refractivity contribution is 6.36. The molecule has 0 aliphatic carbocycles. The van der Waals surface area contributed by atoms with Crippen molar-refractivity contribution in [1.82, 2.24) is 29.9 Å². The first-order valence-corrected chi connectivity index (χ1v) is 12.6. The number of likely N-dealkylation sites (tertiary alicyclic amines) is 1. The number of nitrogens with zero attached hydrogens (tertiary/aromatic N) is 5. The molecule has 1 unspecified atom stereocenters. The van der Waals surface area contributed by atoms with E-state index in [-0.39, 0.29) is 11.8 Å². The van der Waals surface area contributed by atoms with Gasteiger partial charge in [0.1, 0.15) is 5.82 Å². The maximum atomic E-state index is 12.9. The monoisotopic (exact) mass is 524 g/mol. The van der Waals surface area contributed by atoms with Crippen LogP contribution in [0.15, 0.2) is 59.4 Å². The molecule has 2 aromatic heterocycles. The second kappa shape index (κ2) is 10.8. The van der Waals surface area contributed by atoms with Gasteiger partial charge in [-0.15, -0.1) is 0 Å². The highest BCUT2D eigenvalue weighted by Crippen LogP contribution is 2.29. The fourth-order valence-corrected chi connectivity index (χ4v) is 4.96. The lowest BCUT2D eigenvalue weighted by Gasteiger charge is -2.30. The van der Waals surface area contributed by atoms with Crippen LogP contribution in [0.25, 0.3) is 17.1 Å². The van der Waals surface area contributed by atoms with Crippen LogP contribution in [-0.4, -0.2) is 43.6 Å². The summed E-state index contributed by atoms with van der Waals surface area (Å²) in [6.07, 6.45) is 5.50. The summed E-state index contributed by atoms with van der Waals surface area (Å²) in [4.78, 5) is 23.8. The van der Waals surface area contributed by atoms with E-state index in [1.165, 1.54) is 0 Å². The second-order valence-electron chi connectivity index (χ2n) is 8.94. The molecule has 1 saturated heterocycles. The average molecular weight is 525 g/mol. The SMILES string of the molecule is Cc1nccn1-c1ccc(CNC(=O)C2CCCN(Cc3nc(-c4ccc(Cl)cc4Cl)no3)C2)cc1. The van der Waals surface area contributed by atoms with Gasteiger partial charge in [0.2, 0.25) is 17.6 Å². The normalized spacial score (nSPS) is 16.2. The summed E-state index contributed by atoms with van der Waals surface area (Å²) in [6.45, 7) is 4.46. The molecule has 0 radical (unpaired) electrons. The topological polar surface area (TPSA) is 89.1 Å². The van der Waals surface area contributed by atoms with Crippen LogP contribution < -0.4 is 5.32 Å². The molecule has 4 aromatic rings. The quantitative estimate of drug-likeness (QED) is 0.363. The maximum absolute atomic E-state index is 12.9. The molecule has 1 aliphatic rings. The van der Waals surface area contributed by atoms with Crippen molar-refractivity contribution in [3.05, 3.63) is 82.2 Å². The molecule has 10 heteroatoms. The number of hydrogen-bond donors (Lipinski definition) is 1. The number of hydrogen-bond acceptors (Lipinski definition) is 6. The molecular weight excluding hydrogens is 499 g/mol. The van der Waals surface area contributed by atoms with E-state index in [1.807, 2.05) is 42.0 Å². The number of amides is 1. The molecule has 1 amide bonds. The molecule has 5 rings (SSSR count). The zero-order chi connectivity index (χ0) is 25.1. The van der Waals surface area contributed by atoms with Crippen LogP contribution in [0, 0.1) is 12.8 Å². The molecule has 186 valence electrons. The molecule has 0 saturated carbocycles. The maximum Gasteiger partial charge on any atom is 0.241 e. The standard InChI is InChI=1S/C26H26Cl2N6O2/c1-17-29-10-12-34(17)21-7-4-18(5-8-21)14-30-26(35)19-3-2-11-33(15-19)16-24-31-25(32-36-24)22-9-6-20(27)13-23(22)28/h4-10,12-13,19H,2-3,11,14-16H2,1H3,(H,30,35). The number of benzene rings is 2. The van der Waals surface area contributed by atoms with Crippen LogP contribution in [0.3, 0.4) is 0 Å². The lowest BCUT2D eigenvalue weighted by atomic mass is 9.97. The van der Waals surface area contributed by atoms with Gasteiger partial charge in [-0.25, -0.2) is 4.98 Å². The average Bonchev–Trinajstić information content (AvgIpc) is 3.52. The van der Waals surface area contributed by atoms with Gasteiger partial charge in [-0.1, -0.05) is 40.5 Å². The Morgan fingerprint density at radius 3 is 2.78 bits per heavy atom. The number of rotatable bonds is 7. The van der Waals surface area contributed by atoms with Crippen LogP contribution >= 0.6 is 23.2 Å². The number of carbonyl (C=O) groups is 1. The summed E-state index contributed by atoms with van der Waals surface area (Å²) >= 11 is 12.2. The molecule has 0 spiro atoms. The first-order valence-electron chi connectivity index (χ1n) is 11.8. The van der Waals surface area contributed by atoms with Crippen molar-refractivity contribution >= 4 is 29.1 Å². The third-order valence-corrected chi connectivity index (χ3v) is 6.93. The summed E-state index contributed by atoms with van der Waals surface area (Å²) < 4.78 is 7.47. The van der Waals surface area contributed by atoms with Gasteiger partial charge in [0.05, 0.1) is 17.5 Å². The minimum atomic E-state index is -0.0836. The highest BCUT2D eigenvalue weighted by atomic mass is 35.5. The number of aromatic nitrogens is 4. The van der Waals surface area contributed by atoms with E-state index in [1.54, 1.807) is 24.4 Å². The lowest BCUT2D eigenvalue weighted by molar-refractivity contribution is -0.127. The summed E-state index contributed by atoms with van der Waals surface area (Å²) in [7, 11) is 0. The van der Waals surface area contributed by atoms with Crippen molar-refractivity contribution in [2.24, 2.45) is 5.92 Å².